The van der Waals surface area contributed by atoms with Gasteiger partial charge in [-0.05, 0) is 49.1 Å². The Bertz CT molecular complexity index is 2390. The number of phenolic OH excluding ortho intramolecular Hbond substituents is 1. The summed E-state index contributed by atoms with van der Waals surface area (Å²) in [7, 11) is 0. The highest BCUT2D eigenvalue weighted by Gasteiger charge is 2.49. The lowest BCUT2D eigenvalue weighted by Crippen LogP contribution is -2.63. The molecular weight excluding hydrogens is 1060 g/mol. The van der Waals surface area contributed by atoms with E-state index in [9.17, 15) is 79.2 Å². The molecule has 14 N–H and O–H groups in total. The average molecular weight is 1140 g/mol. The highest BCUT2D eigenvalue weighted by Crippen LogP contribution is 2.30. The van der Waals surface area contributed by atoms with Gasteiger partial charge >= 0.3 is 6.03 Å². The smallest absolute Gasteiger partial charge is 0.322 e. The number of hydrogen-bond donors (Lipinski definition) is 14. The minimum absolute atomic E-state index is 0.0296. The zero-order valence-corrected chi connectivity index (χ0v) is 46.6. The fourth-order valence-corrected chi connectivity index (χ4v) is 11.1. The number of hydrogen-bond acceptors (Lipinski definition) is 17. The van der Waals surface area contributed by atoms with Crippen LogP contribution in [0.5, 0.6) is 5.75 Å². The second kappa shape index (κ2) is 31.3. The summed E-state index contributed by atoms with van der Waals surface area (Å²) in [5, 5.41) is 101. The predicted molar refractivity (Wildman–Crippen MR) is 291 cm³/mol. The molecule has 0 aromatic heterocycles. The molecule has 3 aliphatic heterocycles. The van der Waals surface area contributed by atoms with Gasteiger partial charge in [0.15, 0.2) is 0 Å². The monoisotopic (exact) mass is 1140 g/mol. The number of benzene rings is 2. The molecule has 0 spiro atoms. The van der Waals surface area contributed by atoms with Crippen molar-refractivity contribution in [3.05, 3.63) is 60.2 Å². The lowest BCUT2D eigenvalue weighted by molar-refractivity contribution is -0.145. The molecule has 24 nitrogen and oxygen atoms in total. The molecule has 0 saturated carbocycles. The van der Waals surface area contributed by atoms with Crippen LogP contribution >= 0.6 is 11.8 Å². The maximum Gasteiger partial charge on any atom is 0.322 e. The summed E-state index contributed by atoms with van der Waals surface area (Å²) >= 11 is 0.915. The van der Waals surface area contributed by atoms with Gasteiger partial charge in [-0.25, -0.2) is 4.79 Å². The molecular formula is C55H82N8O16S. The van der Waals surface area contributed by atoms with Crippen LogP contribution in [0.4, 0.5) is 4.79 Å². The van der Waals surface area contributed by atoms with E-state index in [-0.39, 0.29) is 24.3 Å². The van der Waals surface area contributed by atoms with Crippen molar-refractivity contribution in [3.8, 4) is 5.75 Å². The molecule has 3 aliphatic rings. The number of amides is 9. The zero-order chi connectivity index (χ0) is 58.8. The molecule has 2 aromatic carbocycles. The van der Waals surface area contributed by atoms with Crippen molar-refractivity contribution in [1.29, 1.82) is 0 Å². The van der Waals surface area contributed by atoms with Gasteiger partial charge in [-0.3, -0.25) is 38.9 Å². The number of phenols is 1. The number of carbonyl (C=O) groups is 8. The highest BCUT2D eigenvalue weighted by molar-refractivity contribution is 8.00. The molecule has 80 heavy (non-hydrogen) atoms. The zero-order valence-electron chi connectivity index (χ0n) is 45.8. The molecule has 2 aromatic rings. The molecule has 9 amide bonds. The van der Waals surface area contributed by atoms with Crippen molar-refractivity contribution in [2.24, 2.45) is 11.8 Å². The molecule has 3 heterocycles. The van der Waals surface area contributed by atoms with Gasteiger partial charge in [0.05, 0.1) is 31.0 Å². The molecule has 444 valence electrons. The maximum atomic E-state index is 14.6. The van der Waals surface area contributed by atoms with Crippen LogP contribution in [0, 0.1) is 11.8 Å². The normalized spacial score (nSPS) is 28.3. The standard InChI is InChI=1S/C55H82N8O16S/c1-5-30(2)17-13-10-8-6-7-9-11-16-20-41(69)56-37-26-40(68)52(80-36-18-14-12-15-19-36)60-51(76)44-45(70)31(3)27-63(44)53(77)38(29-64)57-50(75)43(47(72)46(71)33-21-23-34(66)24-22-33)59-55(79)61-49(74)39-25-35(67)28-62(39)54(78)42(32(4)65)58-48(37)73/h12,14-15,18-19,21-24,30-32,35,37-40,42-47,52,64-68,70-72H,5-11,13,16-17,20,25-29H2,1-4H3,(H,56,69)(H,57,75)(H,58,73)(H,60,76)(H2,59,61,74,79)/t30?,31-,32+,35+,37-,38?,39-,40+,42-,43?,44?,45-,46?,47-,52+/m0/s1. The van der Waals surface area contributed by atoms with Crippen molar-refractivity contribution in [2.75, 3.05) is 19.7 Å². The van der Waals surface area contributed by atoms with Crippen LogP contribution in [-0.2, 0) is 33.6 Å². The van der Waals surface area contributed by atoms with E-state index in [0.717, 1.165) is 79.1 Å². The summed E-state index contributed by atoms with van der Waals surface area (Å²) in [5.41, 5.74) is -0.0789. The third-order valence-corrected chi connectivity index (χ3v) is 16.2. The van der Waals surface area contributed by atoms with Gasteiger partial charge < -0.3 is 77.2 Å². The summed E-state index contributed by atoms with van der Waals surface area (Å²) < 4.78 is 0. The number of unbranched alkanes of at least 4 members (excludes halogenated alkanes) is 7. The van der Waals surface area contributed by atoms with Crippen LogP contribution in [0.25, 0.3) is 0 Å². The first-order valence-corrected chi connectivity index (χ1v) is 28.6. The maximum absolute atomic E-state index is 14.6. The Hall–Kier alpha value is -5.93. The Morgan fingerprint density at radius 1 is 0.725 bits per heavy atom. The second-order valence-electron chi connectivity index (χ2n) is 21.4. The van der Waals surface area contributed by atoms with E-state index in [4.69, 9.17) is 0 Å². The quantitative estimate of drug-likeness (QED) is 0.0772. The number of nitrogens with one attached hydrogen (secondary N) is 6. The van der Waals surface area contributed by atoms with Gasteiger partial charge in [0.1, 0.15) is 59.6 Å². The lowest BCUT2D eigenvalue weighted by Gasteiger charge is -2.33. The van der Waals surface area contributed by atoms with E-state index < -0.39 is 158 Å². The molecule has 25 heteroatoms. The predicted octanol–water partition coefficient (Wildman–Crippen LogP) is -0.0757. The number of fused-ring (bicyclic) bond motifs is 2. The van der Waals surface area contributed by atoms with Crippen LogP contribution in [0.3, 0.4) is 0 Å². The highest BCUT2D eigenvalue weighted by atomic mass is 32.2. The van der Waals surface area contributed by atoms with Crippen LogP contribution in [0.1, 0.15) is 123 Å². The van der Waals surface area contributed by atoms with E-state index in [2.05, 4.69) is 40.4 Å². The first-order chi connectivity index (χ1) is 38.0. The number of aromatic hydroxyl groups is 1. The Morgan fingerprint density at radius 2 is 1.36 bits per heavy atom. The van der Waals surface area contributed by atoms with Crippen molar-refractivity contribution < 1.29 is 79.2 Å². The first kappa shape index (κ1) is 64.9. The average Bonchev–Trinajstić information content (AvgIpc) is 3.97. The van der Waals surface area contributed by atoms with Crippen molar-refractivity contribution in [1.82, 2.24) is 41.7 Å². The van der Waals surface area contributed by atoms with Gasteiger partial charge in [-0.15, -0.1) is 0 Å². The molecule has 3 fully saturated rings. The number of rotatable bonds is 20. The van der Waals surface area contributed by atoms with Crippen LogP contribution in [0.2, 0.25) is 0 Å². The van der Waals surface area contributed by atoms with Crippen molar-refractivity contribution in [2.45, 2.75) is 194 Å². The van der Waals surface area contributed by atoms with E-state index in [1.807, 2.05) is 5.32 Å². The molecule has 15 atom stereocenters. The van der Waals surface area contributed by atoms with Crippen molar-refractivity contribution in [3.63, 3.8) is 0 Å². The molecule has 5 unspecified atom stereocenters. The number of thioether (sulfide) groups is 1. The van der Waals surface area contributed by atoms with E-state index in [1.54, 1.807) is 30.3 Å². The summed E-state index contributed by atoms with van der Waals surface area (Å²) in [6.07, 6.45) is -1.98. The summed E-state index contributed by atoms with van der Waals surface area (Å²) in [5.74, 6) is -7.96. The second-order valence-corrected chi connectivity index (χ2v) is 22.6. The largest absolute Gasteiger partial charge is 0.508 e. The first-order valence-electron chi connectivity index (χ1n) is 27.7. The van der Waals surface area contributed by atoms with Crippen LogP contribution in [0.15, 0.2) is 59.5 Å². The molecule has 0 aliphatic carbocycles. The number of nitrogens with zero attached hydrogens (tertiary/aromatic N) is 2. The van der Waals surface area contributed by atoms with Gasteiger partial charge in [-0.1, -0.05) is 121 Å². The lowest BCUT2D eigenvalue weighted by atomic mass is 9.97. The minimum Gasteiger partial charge on any atom is -0.508 e. The van der Waals surface area contributed by atoms with Crippen molar-refractivity contribution >= 4 is 59.1 Å². The van der Waals surface area contributed by atoms with E-state index in [0.29, 0.717) is 23.7 Å². The Labute approximate surface area is 470 Å². The topological polar surface area (TPSA) is 377 Å². The minimum atomic E-state index is -2.30. The molecule has 0 radical (unpaired) electrons. The Morgan fingerprint density at radius 3 is 1.99 bits per heavy atom. The summed E-state index contributed by atoms with van der Waals surface area (Å²) in [6, 6.07) is 0.365. The third kappa shape index (κ3) is 18.3. The summed E-state index contributed by atoms with van der Waals surface area (Å²) in [4.78, 5) is 116. The van der Waals surface area contributed by atoms with Gasteiger partial charge in [-0.2, -0.15) is 0 Å². The van der Waals surface area contributed by atoms with Gasteiger partial charge in [0.2, 0.25) is 35.4 Å². The van der Waals surface area contributed by atoms with Crippen LogP contribution in [-0.4, -0.2) is 190 Å². The Kier molecular flexibility index (Phi) is 25.4. The number of aliphatic hydroxyl groups is 7. The Balaban J connectivity index is 1.50. The van der Waals surface area contributed by atoms with E-state index in [1.165, 1.54) is 31.9 Å². The van der Waals surface area contributed by atoms with Crippen LogP contribution < -0.4 is 31.9 Å². The number of aliphatic hydroxyl groups excluding tert-OH is 7. The fourth-order valence-electron chi connectivity index (χ4n) is 10.0. The number of imide groups is 1. The molecule has 3 saturated heterocycles. The third-order valence-electron chi connectivity index (χ3n) is 15.0. The SMILES string of the molecule is CCC(C)CCCCCCCCCCC(=O)N[C@H]1C[C@@H](O)[C@@H](Sc2ccccc2)NC(=O)C2[C@@H](O)[C@@H](C)CN2C(=O)C(CO)NC(=O)C([C@H](O)C(O)c2ccc(O)cc2)NC(=O)NC(=O)[C@@H]2C[C@@H](O)CN2C(=O)[C@H]([C@@H](C)O)NC1=O. The number of urea groups is 1. The van der Waals surface area contributed by atoms with Gasteiger partial charge in [0.25, 0.3) is 5.91 Å². The molecule has 5 rings (SSSR count). The van der Waals surface area contributed by atoms with E-state index >= 15 is 0 Å². The molecule has 0 bridgehead atoms. The summed E-state index contributed by atoms with van der Waals surface area (Å²) in [6.45, 7) is 5.09. The fraction of sp³-hybridized carbons (Fsp3) is 0.636. The number of carbonyl (C=O) groups excluding carboxylic acids is 8. The van der Waals surface area contributed by atoms with Gasteiger partial charge in [0, 0.05) is 43.2 Å².